The lowest BCUT2D eigenvalue weighted by atomic mass is 9.90. The lowest BCUT2D eigenvalue weighted by Gasteiger charge is -2.27. The first kappa shape index (κ1) is 17.8. The first-order valence-corrected chi connectivity index (χ1v) is 6.61. The molecular weight excluding hydrogens is 297 g/mol. The zero-order valence-electron chi connectivity index (χ0n) is 12.5. The molecule has 0 aliphatic heterocycles. The Kier molecular flexibility index (Phi) is 5.42. The second kappa shape index (κ2) is 6.69. The highest BCUT2D eigenvalue weighted by atomic mass is 19.4. The second-order valence-corrected chi connectivity index (χ2v) is 5.33. The van der Waals surface area contributed by atoms with Crippen molar-refractivity contribution in [1.82, 2.24) is 5.32 Å². The molecule has 0 saturated carbocycles. The van der Waals surface area contributed by atoms with Gasteiger partial charge >= 0.3 is 6.18 Å². The van der Waals surface area contributed by atoms with Gasteiger partial charge in [-0.3, -0.25) is 4.79 Å². The second-order valence-electron chi connectivity index (χ2n) is 5.33. The Morgan fingerprint density at radius 1 is 1.41 bits per heavy atom. The van der Waals surface area contributed by atoms with Gasteiger partial charge in [0.25, 0.3) is 5.91 Å². The van der Waals surface area contributed by atoms with Crippen molar-refractivity contribution in [2.45, 2.75) is 32.5 Å². The highest BCUT2D eigenvalue weighted by molar-refractivity contribution is 5.78. The van der Waals surface area contributed by atoms with E-state index in [1.807, 2.05) is 6.07 Å². The predicted molar refractivity (Wildman–Crippen MR) is 73.9 cm³/mol. The fourth-order valence-corrected chi connectivity index (χ4v) is 1.54. The van der Waals surface area contributed by atoms with Crippen molar-refractivity contribution < 1.29 is 22.7 Å². The summed E-state index contributed by atoms with van der Waals surface area (Å²) in [5, 5.41) is 11.6. The number of nitrogens with zero attached hydrogens (tertiary/aromatic N) is 1. The van der Waals surface area contributed by atoms with E-state index in [9.17, 15) is 18.0 Å². The van der Waals surface area contributed by atoms with E-state index in [2.05, 4.69) is 5.32 Å². The van der Waals surface area contributed by atoms with Crippen LogP contribution in [-0.2, 0) is 11.0 Å². The monoisotopic (exact) mass is 314 g/mol. The first-order valence-electron chi connectivity index (χ1n) is 6.61. The van der Waals surface area contributed by atoms with Crippen LogP contribution in [0.5, 0.6) is 5.75 Å². The van der Waals surface area contributed by atoms with Gasteiger partial charge in [-0.1, -0.05) is 19.9 Å². The minimum atomic E-state index is -4.47. The van der Waals surface area contributed by atoms with Crippen molar-refractivity contribution in [2.75, 3.05) is 6.61 Å². The first-order chi connectivity index (χ1) is 10.1. The highest BCUT2D eigenvalue weighted by Gasteiger charge is 2.31. The molecule has 120 valence electrons. The minimum absolute atomic E-state index is 0.0619. The molecule has 1 rings (SSSR count). The Bertz CT molecular complexity index is 579. The van der Waals surface area contributed by atoms with Crippen LogP contribution in [0.4, 0.5) is 13.2 Å². The normalized spacial score (nSPS) is 14.1. The summed E-state index contributed by atoms with van der Waals surface area (Å²) in [7, 11) is 0. The van der Waals surface area contributed by atoms with Crippen LogP contribution in [0, 0.1) is 17.2 Å². The van der Waals surface area contributed by atoms with E-state index in [0.717, 1.165) is 12.1 Å². The predicted octanol–water partition coefficient (Wildman–Crippen LogP) is 3.14. The number of hydrogen-bond donors (Lipinski definition) is 1. The van der Waals surface area contributed by atoms with Gasteiger partial charge < -0.3 is 10.1 Å². The molecule has 1 aromatic carbocycles. The maximum Gasteiger partial charge on any atom is 0.416 e. The van der Waals surface area contributed by atoms with Crippen molar-refractivity contribution in [1.29, 1.82) is 5.26 Å². The fourth-order valence-electron chi connectivity index (χ4n) is 1.54. The van der Waals surface area contributed by atoms with Gasteiger partial charge in [0, 0.05) is 0 Å². The van der Waals surface area contributed by atoms with E-state index in [1.165, 1.54) is 12.1 Å². The summed E-state index contributed by atoms with van der Waals surface area (Å²) in [6, 6.07) is 6.26. The number of nitrogens with one attached hydrogen (secondary N) is 1. The molecular formula is C15H17F3N2O2. The summed E-state index contributed by atoms with van der Waals surface area (Å²) in [4.78, 5) is 11.8. The van der Waals surface area contributed by atoms with Crippen LogP contribution in [0.15, 0.2) is 24.3 Å². The number of halogens is 3. The number of carbonyl (C=O) groups is 1. The molecule has 0 unspecified atom stereocenters. The maximum absolute atomic E-state index is 12.6. The SMILES string of the molecule is CC(C)[C@@](C)(C#N)NC(=O)COc1cccc(C(F)(F)F)c1. The summed E-state index contributed by atoms with van der Waals surface area (Å²) >= 11 is 0. The Hall–Kier alpha value is -2.23. The molecule has 1 amide bonds. The maximum atomic E-state index is 12.6. The van der Waals surface area contributed by atoms with Gasteiger partial charge in [0.15, 0.2) is 6.61 Å². The number of nitriles is 1. The summed E-state index contributed by atoms with van der Waals surface area (Å²) < 4.78 is 42.7. The van der Waals surface area contributed by atoms with Gasteiger partial charge in [-0.25, -0.2) is 0 Å². The molecule has 0 aliphatic carbocycles. The van der Waals surface area contributed by atoms with Gasteiger partial charge in [0.2, 0.25) is 0 Å². The molecule has 0 spiro atoms. The lowest BCUT2D eigenvalue weighted by Crippen LogP contribution is -2.50. The summed E-state index contributed by atoms with van der Waals surface area (Å²) in [6.45, 7) is 4.65. The average molecular weight is 314 g/mol. The smallest absolute Gasteiger partial charge is 0.416 e. The third-order valence-electron chi connectivity index (χ3n) is 3.32. The third-order valence-corrected chi connectivity index (χ3v) is 3.32. The number of rotatable bonds is 5. The Morgan fingerprint density at radius 2 is 2.05 bits per heavy atom. The van der Waals surface area contributed by atoms with Crippen molar-refractivity contribution >= 4 is 5.91 Å². The zero-order valence-corrected chi connectivity index (χ0v) is 12.5. The average Bonchev–Trinajstić information content (AvgIpc) is 2.44. The Balaban J connectivity index is 2.68. The number of alkyl halides is 3. The summed E-state index contributed by atoms with van der Waals surface area (Å²) in [6.07, 6.45) is -4.47. The Labute approximate surface area is 126 Å². The topological polar surface area (TPSA) is 62.1 Å². The van der Waals surface area contributed by atoms with E-state index in [4.69, 9.17) is 10.00 Å². The van der Waals surface area contributed by atoms with E-state index in [-0.39, 0.29) is 11.7 Å². The van der Waals surface area contributed by atoms with Crippen molar-refractivity contribution in [2.24, 2.45) is 5.92 Å². The van der Waals surface area contributed by atoms with E-state index in [1.54, 1.807) is 20.8 Å². The molecule has 0 saturated heterocycles. The van der Waals surface area contributed by atoms with E-state index in [0.29, 0.717) is 0 Å². The summed E-state index contributed by atoms with van der Waals surface area (Å²) in [5.41, 5.74) is -1.91. The van der Waals surface area contributed by atoms with Crippen molar-refractivity contribution in [3.63, 3.8) is 0 Å². The molecule has 1 atom stereocenters. The molecule has 0 fully saturated rings. The van der Waals surface area contributed by atoms with Crippen LogP contribution < -0.4 is 10.1 Å². The minimum Gasteiger partial charge on any atom is -0.484 e. The standard InChI is InChI=1S/C15H17F3N2O2/c1-10(2)14(3,9-19)20-13(21)8-22-12-6-4-5-11(7-12)15(16,17)18/h4-7,10H,8H2,1-3H3,(H,20,21)/t14-/m1/s1. The number of carbonyl (C=O) groups excluding carboxylic acids is 1. The Morgan fingerprint density at radius 3 is 2.55 bits per heavy atom. The van der Waals surface area contributed by atoms with Gasteiger partial charge in [-0.15, -0.1) is 0 Å². The van der Waals surface area contributed by atoms with Crippen LogP contribution in [0.1, 0.15) is 26.3 Å². The van der Waals surface area contributed by atoms with Crippen molar-refractivity contribution in [3.05, 3.63) is 29.8 Å². The lowest BCUT2D eigenvalue weighted by molar-refractivity contribution is -0.137. The van der Waals surface area contributed by atoms with Gasteiger partial charge in [-0.2, -0.15) is 18.4 Å². The van der Waals surface area contributed by atoms with Crippen molar-refractivity contribution in [3.8, 4) is 11.8 Å². The molecule has 0 aliphatic rings. The third kappa shape index (κ3) is 4.65. The molecule has 1 aromatic rings. The molecule has 0 heterocycles. The fraction of sp³-hybridized carbons (Fsp3) is 0.467. The van der Waals surface area contributed by atoms with Crippen LogP contribution in [0.3, 0.4) is 0 Å². The van der Waals surface area contributed by atoms with Gasteiger partial charge in [0.1, 0.15) is 11.3 Å². The van der Waals surface area contributed by atoms with Crippen LogP contribution in [0.2, 0.25) is 0 Å². The van der Waals surface area contributed by atoms with E-state index < -0.39 is 29.8 Å². The zero-order chi connectivity index (χ0) is 17.0. The number of amides is 1. The summed E-state index contributed by atoms with van der Waals surface area (Å²) in [5.74, 6) is -0.765. The van der Waals surface area contributed by atoms with Crippen LogP contribution in [0.25, 0.3) is 0 Å². The van der Waals surface area contributed by atoms with E-state index >= 15 is 0 Å². The molecule has 0 radical (unpaired) electrons. The van der Waals surface area contributed by atoms with Gasteiger partial charge in [-0.05, 0) is 31.0 Å². The molecule has 22 heavy (non-hydrogen) atoms. The van der Waals surface area contributed by atoms with Crippen LogP contribution >= 0.6 is 0 Å². The molecule has 1 N–H and O–H groups in total. The number of hydrogen-bond acceptors (Lipinski definition) is 3. The number of ether oxygens (including phenoxy) is 1. The molecule has 0 aromatic heterocycles. The number of benzene rings is 1. The van der Waals surface area contributed by atoms with Crippen LogP contribution in [-0.4, -0.2) is 18.1 Å². The molecule has 7 heteroatoms. The quantitative estimate of drug-likeness (QED) is 0.908. The van der Waals surface area contributed by atoms with Gasteiger partial charge in [0.05, 0.1) is 11.6 Å². The highest BCUT2D eigenvalue weighted by Crippen LogP contribution is 2.31. The molecule has 4 nitrogen and oxygen atoms in total. The largest absolute Gasteiger partial charge is 0.484 e. The molecule has 0 bridgehead atoms.